The molecule has 0 radical (unpaired) electrons. The topological polar surface area (TPSA) is 86.5 Å². The van der Waals surface area contributed by atoms with Crippen molar-refractivity contribution in [2.75, 3.05) is 0 Å². The van der Waals surface area contributed by atoms with Crippen molar-refractivity contribution in [2.45, 2.75) is 78.7 Å². The first-order chi connectivity index (χ1) is 13.6. The van der Waals surface area contributed by atoms with E-state index in [9.17, 15) is 19.7 Å². The fraction of sp³-hybridized carbons (Fsp3) is 0.739. The summed E-state index contributed by atoms with van der Waals surface area (Å²) in [4.78, 5) is 35.2. The Kier molecular flexibility index (Phi) is 4.74. The smallest absolute Gasteiger partial charge is 0.302 e. The van der Waals surface area contributed by atoms with E-state index < -0.39 is 0 Å². The third kappa shape index (κ3) is 2.98. The average Bonchev–Trinajstić information content (AvgIpc) is 2.95. The van der Waals surface area contributed by atoms with Gasteiger partial charge in [-0.15, -0.1) is 0 Å². The van der Waals surface area contributed by atoms with E-state index in [-0.39, 0.29) is 45.2 Å². The predicted molar refractivity (Wildman–Crippen MR) is 107 cm³/mol. The average molecular weight is 402 g/mol. The molecule has 0 unspecified atom stereocenters. The molecule has 4 rings (SSSR count). The number of hydrogen-bond donors (Lipinski definition) is 0. The van der Waals surface area contributed by atoms with Gasteiger partial charge in [0.25, 0.3) is 5.70 Å². The highest BCUT2D eigenvalue weighted by molar-refractivity contribution is 5.95. The number of allylic oxidation sites excluding steroid dienone is 3. The van der Waals surface area contributed by atoms with Gasteiger partial charge in [-0.1, -0.05) is 25.5 Å². The summed E-state index contributed by atoms with van der Waals surface area (Å²) in [6.07, 6.45) is 8.08. The van der Waals surface area contributed by atoms with Gasteiger partial charge in [0.05, 0.1) is 10.5 Å². The molecule has 6 atom stereocenters. The van der Waals surface area contributed by atoms with Gasteiger partial charge in [-0.05, 0) is 62.2 Å². The molecule has 0 spiro atoms. The van der Waals surface area contributed by atoms with Gasteiger partial charge in [0.1, 0.15) is 6.10 Å². The summed E-state index contributed by atoms with van der Waals surface area (Å²) < 4.78 is 5.49. The number of Topliss-reactive ketones (excluding diaryl/α,β-unsaturated/α-hetero) is 1. The Labute approximate surface area is 171 Å². The van der Waals surface area contributed by atoms with E-state index >= 15 is 0 Å². The van der Waals surface area contributed by atoms with Gasteiger partial charge in [0, 0.05) is 25.2 Å². The molecule has 0 N–H and O–H groups in total. The molecule has 6 heteroatoms. The van der Waals surface area contributed by atoms with Crippen LogP contribution >= 0.6 is 0 Å². The second kappa shape index (κ2) is 6.78. The van der Waals surface area contributed by atoms with Crippen LogP contribution in [0, 0.1) is 38.7 Å². The molecule has 0 aromatic heterocycles. The minimum Gasteiger partial charge on any atom is -0.462 e. The molecular formula is C23H31NO5. The fourth-order valence-electron chi connectivity index (χ4n) is 7.38. The van der Waals surface area contributed by atoms with E-state index in [0.717, 1.165) is 38.5 Å². The Balaban J connectivity index is 1.65. The molecule has 4 aliphatic carbocycles. The van der Waals surface area contributed by atoms with Crippen LogP contribution in [-0.2, 0) is 14.3 Å². The summed E-state index contributed by atoms with van der Waals surface area (Å²) >= 11 is 0. The van der Waals surface area contributed by atoms with E-state index in [2.05, 4.69) is 19.9 Å². The van der Waals surface area contributed by atoms with E-state index in [0.29, 0.717) is 23.8 Å². The number of ketones is 1. The van der Waals surface area contributed by atoms with E-state index in [1.807, 2.05) is 0 Å². The maximum Gasteiger partial charge on any atom is 0.302 e. The molecule has 2 saturated carbocycles. The Morgan fingerprint density at radius 1 is 1.10 bits per heavy atom. The van der Waals surface area contributed by atoms with Gasteiger partial charge < -0.3 is 4.74 Å². The van der Waals surface area contributed by atoms with Crippen molar-refractivity contribution in [3.8, 4) is 0 Å². The Bertz CT molecular complexity index is 842. The van der Waals surface area contributed by atoms with Crippen molar-refractivity contribution in [2.24, 2.45) is 28.6 Å². The van der Waals surface area contributed by atoms with Gasteiger partial charge in [0.15, 0.2) is 5.78 Å². The number of rotatable bonds is 3. The zero-order valence-corrected chi connectivity index (χ0v) is 17.8. The van der Waals surface area contributed by atoms with Crippen LogP contribution in [0.25, 0.3) is 0 Å². The molecule has 0 aromatic rings. The van der Waals surface area contributed by atoms with Crippen LogP contribution in [0.5, 0.6) is 0 Å². The molecule has 2 fully saturated rings. The van der Waals surface area contributed by atoms with Gasteiger partial charge in [-0.25, -0.2) is 0 Å². The van der Waals surface area contributed by atoms with Gasteiger partial charge in [0.2, 0.25) is 0 Å². The highest BCUT2D eigenvalue weighted by Crippen LogP contribution is 2.66. The van der Waals surface area contributed by atoms with Crippen LogP contribution in [0.2, 0.25) is 0 Å². The summed E-state index contributed by atoms with van der Waals surface area (Å²) in [5.41, 5.74) is 1.71. The molecule has 0 amide bonds. The quantitative estimate of drug-likeness (QED) is 0.298. The molecule has 6 nitrogen and oxygen atoms in total. The summed E-state index contributed by atoms with van der Waals surface area (Å²) in [5, 5.41) is 11.7. The van der Waals surface area contributed by atoms with Crippen LogP contribution in [-0.4, -0.2) is 22.8 Å². The standard InChI is InChI=1S/C23H31NO5/c1-13(25)21-20(24(27)28)12-19-17-6-5-15-11-16(29-14(2)26)7-9-22(15,3)18(17)8-10-23(19,21)4/h5,16-19H,6-12H2,1-4H3/t16-,17+,18-,19-,22-,23-/m0/s1. The highest BCUT2D eigenvalue weighted by atomic mass is 16.6. The summed E-state index contributed by atoms with van der Waals surface area (Å²) in [6, 6.07) is 0. The first-order valence-corrected chi connectivity index (χ1v) is 10.8. The number of ether oxygens (including phenoxy) is 1. The van der Waals surface area contributed by atoms with E-state index in [4.69, 9.17) is 4.74 Å². The number of fused-ring (bicyclic) bond motifs is 5. The molecule has 158 valence electrons. The SMILES string of the molecule is CC(=O)O[C@H]1CC[C@@]2(C)C(=CC[C@@H]3[C@@H]2CC[C@]2(C)C(C(C)=O)=C([N+](=O)[O-])C[C@@H]32)C1. The van der Waals surface area contributed by atoms with Gasteiger partial charge in [-0.3, -0.25) is 19.7 Å². The number of nitrogens with zero attached hydrogens (tertiary/aromatic N) is 1. The maximum atomic E-state index is 12.4. The lowest BCUT2D eigenvalue weighted by atomic mass is 9.47. The first kappa shape index (κ1) is 20.3. The Hall–Kier alpha value is -1.98. The lowest BCUT2D eigenvalue weighted by Crippen LogP contribution is -2.50. The second-order valence-corrected chi connectivity index (χ2v) is 10.0. The fourth-order valence-corrected chi connectivity index (χ4v) is 7.38. The van der Waals surface area contributed by atoms with Crippen molar-refractivity contribution in [3.63, 3.8) is 0 Å². The molecule has 0 aliphatic heterocycles. The zero-order valence-electron chi connectivity index (χ0n) is 17.8. The minimum absolute atomic E-state index is 0.0317. The third-order valence-corrected chi connectivity index (χ3v) is 8.63. The number of hydrogen-bond acceptors (Lipinski definition) is 5. The third-order valence-electron chi connectivity index (χ3n) is 8.63. The molecule has 4 aliphatic rings. The van der Waals surface area contributed by atoms with Gasteiger partial charge >= 0.3 is 5.97 Å². The molecule has 0 saturated heterocycles. The summed E-state index contributed by atoms with van der Waals surface area (Å²) in [6.45, 7) is 7.37. The highest BCUT2D eigenvalue weighted by Gasteiger charge is 2.61. The maximum absolute atomic E-state index is 12.4. The Morgan fingerprint density at radius 3 is 2.41 bits per heavy atom. The summed E-state index contributed by atoms with van der Waals surface area (Å²) in [5.74, 6) is 0.627. The predicted octanol–water partition coefficient (Wildman–Crippen LogP) is 4.61. The van der Waals surface area contributed by atoms with Crippen LogP contribution < -0.4 is 0 Å². The number of carbonyl (C=O) groups excluding carboxylic acids is 2. The monoisotopic (exact) mass is 401 g/mol. The molecule has 0 bridgehead atoms. The van der Waals surface area contributed by atoms with Crippen LogP contribution in [0.1, 0.15) is 72.6 Å². The lowest BCUT2D eigenvalue weighted by Gasteiger charge is -2.57. The Morgan fingerprint density at radius 2 is 1.79 bits per heavy atom. The first-order valence-electron chi connectivity index (χ1n) is 10.8. The lowest BCUT2D eigenvalue weighted by molar-refractivity contribution is -0.428. The van der Waals surface area contributed by atoms with Crippen LogP contribution in [0.3, 0.4) is 0 Å². The van der Waals surface area contributed by atoms with Crippen LogP contribution in [0.4, 0.5) is 0 Å². The normalized spacial score (nSPS) is 41.0. The molecule has 0 heterocycles. The van der Waals surface area contributed by atoms with Gasteiger partial charge in [-0.2, -0.15) is 0 Å². The number of esters is 1. The van der Waals surface area contributed by atoms with E-state index in [1.54, 1.807) is 0 Å². The van der Waals surface area contributed by atoms with Crippen molar-refractivity contribution in [1.82, 2.24) is 0 Å². The molecule has 29 heavy (non-hydrogen) atoms. The van der Waals surface area contributed by atoms with Crippen LogP contribution in [0.15, 0.2) is 22.9 Å². The largest absolute Gasteiger partial charge is 0.462 e. The van der Waals surface area contributed by atoms with E-state index in [1.165, 1.54) is 19.4 Å². The van der Waals surface area contributed by atoms with Crippen molar-refractivity contribution < 1.29 is 19.2 Å². The minimum atomic E-state index is -0.383. The second-order valence-electron chi connectivity index (χ2n) is 10.0. The number of carbonyl (C=O) groups is 2. The number of nitro groups is 1. The summed E-state index contributed by atoms with van der Waals surface area (Å²) in [7, 11) is 0. The molecular weight excluding hydrogens is 370 g/mol. The zero-order chi connectivity index (χ0) is 21.1. The van der Waals surface area contributed by atoms with Crippen molar-refractivity contribution in [1.29, 1.82) is 0 Å². The molecule has 0 aromatic carbocycles. The van der Waals surface area contributed by atoms with Crippen molar-refractivity contribution >= 4 is 11.8 Å². The van der Waals surface area contributed by atoms with Crippen molar-refractivity contribution in [3.05, 3.63) is 33.0 Å².